The average molecular weight is 197 g/mol. The van der Waals surface area contributed by atoms with Crippen LogP contribution < -0.4 is 5.32 Å². The summed E-state index contributed by atoms with van der Waals surface area (Å²) in [7, 11) is 1.97. The minimum Gasteiger partial charge on any atom is -0.392 e. The summed E-state index contributed by atoms with van der Waals surface area (Å²) in [5, 5.41) is 11.9. The lowest BCUT2D eigenvalue weighted by atomic mass is 10.1. The summed E-state index contributed by atoms with van der Waals surface area (Å²) in [6.45, 7) is 5.35. The standard InChI is InChI=1S/C12H23NO/c1-11(8-5-9-13-3)6-4-7-12(2)10-14/h7-8,13-14H,4-6,9-10H2,1-3H3/b11-8+,12-7+. The molecule has 0 aromatic rings. The molecule has 82 valence electrons. The number of hydrogen-bond donors (Lipinski definition) is 2. The van der Waals surface area contributed by atoms with Crippen LogP contribution in [0.25, 0.3) is 0 Å². The summed E-state index contributed by atoms with van der Waals surface area (Å²) in [4.78, 5) is 0. The molecule has 0 fully saturated rings. The fourth-order valence-electron chi connectivity index (χ4n) is 1.18. The predicted molar refractivity (Wildman–Crippen MR) is 62.4 cm³/mol. The molecular weight excluding hydrogens is 174 g/mol. The summed E-state index contributed by atoms with van der Waals surface area (Å²) < 4.78 is 0. The minimum atomic E-state index is 0.183. The molecule has 0 aliphatic rings. The molecule has 0 spiro atoms. The summed E-state index contributed by atoms with van der Waals surface area (Å²) in [6.07, 6.45) is 7.62. The van der Waals surface area contributed by atoms with E-state index in [1.54, 1.807) is 0 Å². The van der Waals surface area contributed by atoms with Gasteiger partial charge in [-0.2, -0.15) is 0 Å². The Labute approximate surface area is 87.7 Å². The fraction of sp³-hybridized carbons (Fsp3) is 0.667. The normalized spacial score (nSPS) is 13.4. The molecule has 14 heavy (non-hydrogen) atoms. The molecule has 2 nitrogen and oxygen atoms in total. The molecule has 0 aromatic carbocycles. The van der Waals surface area contributed by atoms with Gasteiger partial charge in [0.2, 0.25) is 0 Å². The molecule has 0 aromatic heterocycles. The first-order valence-electron chi connectivity index (χ1n) is 5.27. The van der Waals surface area contributed by atoms with Gasteiger partial charge < -0.3 is 10.4 Å². The number of rotatable bonds is 7. The van der Waals surface area contributed by atoms with Crippen LogP contribution in [0.15, 0.2) is 23.3 Å². The highest BCUT2D eigenvalue weighted by Gasteiger charge is 1.89. The van der Waals surface area contributed by atoms with E-state index in [4.69, 9.17) is 5.11 Å². The Balaban J connectivity index is 3.62. The van der Waals surface area contributed by atoms with Crippen LogP contribution >= 0.6 is 0 Å². The lowest BCUT2D eigenvalue weighted by Crippen LogP contribution is -2.06. The maximum absolute atomic E-state index is 8.78. The average Bonchev–Trinajstić information content (AvgIpc) is 2.18. The predicted octanol–water partition coefficient (Wildman–Crippen LogP) is 2.26. The van der Waals surface area contributed by atoms with Crippen molar-refractivity contribution in [2.75, 3.05) is 20.2 Å². The number of allylic oxidation sites excluding steroid dienone is 2. The van der Waals surface area contributed by atoms with E-state index in [0.717, 1.165) is 31.4 Å². The Hall–Kier alpha value is -0.600. The van der Waals surface area contributed by atoms with E-state index in [0.29, 0.717) is 0 Å². The molecule has 0 saturated carbocycles. The largest absolute Gasteiger partial charge is 0.392 e. The molecule has 2 heteroatoms. The second-order valence-electron chi connectivity index (χ2n) is 3.69. The summed E-state index contributed by atoms with van der Waals surface area (Å²) in [5.74, 6) is 0. The molecular formula is C12H23NO. The van der Waals surface area contributed by atoms with Crippen LogP contribution in [0.1, 0.15) is 33.1 Å². The highest BCUT2D eigenvalue weighted by Crippen LogP contribution is 2.07. The zero-order valence-corrected chi connectivity index (χ0v) is 9.64. The van der Waals surface area contributed by atoms with Gasteiger partial charge in [0.15, 0.2) is 0 Å². The number of aliphatic hydroxyl groups is 1. The van der Waals surface area contributed by atoms with Crippen molar-refractivity contribution in [1.29, 1.82) is 0 Å². The number of nitrogens with one attached hydrogen (secondary N) is 1. The monoisotopic (exact) mass is 197 g/mol. The van der Waals surface area contributed by atoms with Crippen molar-refractivity contribution < 1.29 is 5.11 Å². The number of hydrogen-bond acceptors (Lipinski definition) is 2. The maximum Gasteiger partial charge on any atom is 0.0639 e. The molecule has 0 amide bonds. The van der Waals surface area contributed by atoms with Gasteiger partial charge in [-0.3, -0.25) is 0 Å². The smallest absolute Gasteiger partial charge is 0.0639 e. The van der Waals surface area contributed by atoms with Gasteiger partial charge in [0.05, 0.1) is 6.61 Å². The van der Waals surface area contributed by atoms with Gasteiger partial charge in [-0.05, 0) is 46.7 Å². The molecule has 0 heterocycles. The molecule has 0 unspecified atom stereocenters. The summed E-state index contributed by atoms with van der Waals surface area (Å²) in [5.41, 5.74) is 2.50. The van der Waals surface area contributed by atoms with Gasteiger partial charge in [0.1, 0.15) is 0 Å². The minimum absolute atomic E-state index is 0.183. The van der Waals surface area contributed by atoms with Crippen molar-refractivity contribution in [2.45, 2.75) is 33.1 Å². The molecule has 0 atom stereocenters. The first-order chi connectivity index (χ1) is 6.70. The second-order valence-corrected chi connectivity index (χ2v) is 3.69. The van der Waals surface area contributed by atoms with E-state index >= 15 is 0 Å². The summed E-state index contributed by atoms with van der Waals surface area (Å²) >= 11 is 0. The lowest BCUT2D eigenvalue weighted by Gasteiger charge is -2.00. The maximum atomic E-state index is 8.78. The first kappa shape index (κ1) is 13.4. The molecule has 0 radical (unpaired) electrons. The third kappa shape index (κ3) is 8.02. The van der Waals surface area contributed by atoms with Crippen molar-refractivity contribution in [3.63, 3.8) is 0 Å². The van der Waals surface area contributed by atoms with Crippen LogP contribution in [-0.2, 0) is 0 Å². The van der Waals surface area contributed by atoms with Crippen LogP contribution in [0.4, 0.5) is 0 Å². The van der Waals surface area contributed by atoms with Gasteiger partial charge in [-0.15, -0.1) is 0 Å². The van der Waals surface area contributed by atoms with Gasteiger partial charge in [0.25, 0.3) is 0 Å². The SMILES string of the molecule is CNCC/C=C(\C)CC/C=C(\C)CO. The Morgan fingerprint density at radius 3 is 2.36 bits per heavy atom. The van der Waals surface area contributed by atoms with E-state index in [1.807, 2.05) is 14.0 Å². The second kappa shape index (κ2) is 8.97. The Morgan fingerprint density at radius 1 is 1.14 bits per heavy atom. The molecule has 0 rings (SSSR count). The van der Waals surface area contributed by atoms with Crippen molar-refractivity contribution in [1.82, 2.24) is 5.32 Å². The summed E-state index contributed by atoms with van der Waals surface area (Å²) in [6, 6.07) is 0. The van der Waals surface area contributed by atoms with Gasteiger partial charge in [-0.25, -0.2) is 0 Å². The zero-order valence-electron chi connectivity index (χ0n) is 9.64. The molecule has 0 aliphatic heterocycles. The van der Waals surface area contributed by atoms with E-state index in [9.17, 15) is 0 Å². The van der Waals surface area contributed by atoms with E-state index in [2.05, 4.69) is 24.4 Å². The molecule has 0 bridgehead atoms. The third-order valence-electron chi connectivity index (χ3n) is 2.17. The van der Waals surface area contributed by atoms with Crippen LogP contribution in [-0.4, -0.2) is 25.3 Å². The van der Waals surface area contributed by atoms with Crippen LogP contribution in [0.3, 0.4) is 0 Å². The van der Waals surface area contributed by atoms with Crippen LogP contribution in [0, 0.1) is 0 Å². The topological polar surface area (TPSA) is 32.3 Å². The first-order valence-corrected chi connectivity index (χ1v) is 5.27. The van der Waals surface area contributed by atoms with Crippen molar-refractivity contribution in [3.8, 4) is 0 Å². The van der Waals surface area contributed by atoms with Crippen molar-refractivity contribution in [2.24, 2.45) is 0 Å². The Bertz CT molecular complexity index is 194. The highest BCUT2D eigenvalue weighted by molar-refractivity contribution is 5.03. The number of aliphatic hydroxyl groups excluding tert-OH is 1. The highest BCUT2D eigenvalue weighted by atomic mass is 16.3. The quantitative estimate of drug-likeness (QED) is 0.484. The third-order valence-corrected chi connectivity index (χ3v) is 2.17. The van der Waals surface area contributed by atoms with E-state index in [1.165, 1.54) is 5.57 Å². The molecule has 2 N–H and O–H groups in total. The van der Waals surface area contributed by atoms with Crippen molar-refractivity contribution >= 4 is 0 Å². The van der Waals surface area contributed by atoms with Gasteiger partial charge in [-0.1, -0.05) is 23.3 Å². The van der Waals surface area contributed by atoms with Gasteiger partial charge >= 0.3 is 0 Å². The van der Waals surface area contributed by atoms with Crippen LogP contribution in [0.5, 0.6) is 0 Å². The molecule has 0 saturated heterocycles. The van der Waals surface area contributed by atoms with E-state index in [-0.39, 0.29) is 6.61 Å². The van der Waals surface area contributed by atoms with Crippen LogP contribution in [0.2, 0.25) is 0 Å². The zero-order chi connectivity index (χ0) is 10.8. The Kier molecular flexibility index (Phi) is 8.59. The fourth-order valence-corrected chi connectivity index (χ4v) is 1.18. The van der Waals surface area contributed by atoms with Gasteiger partial charge in [0, 0.05) is 0 Å². The van der Waals surface area contributed by atoms with E-state index < -0.39 is 0 Å². The van der Waals surface area contributed by atoms with Crippen molar-refractivity contribution in [3.05, 3.63) is 23.3 Å². The lowest BCUT2D eigenvalue weighted by molar-refractivity contribution is 0.331. The Morgan fingerprint density at radius 2 is 1.79 bits per heavy atom. The molecule has 0 aliphatic carbocycles.